The van der Waals surface area contributed by atoms with Crippen LogP contribution in [0.15, 0.2) is 29.0 Å². The number of amides is 1. The van der Waals surface area contributed by atoms with Crippen molar-refractivity contribution in [2.45, 2.75) is 13.3 Å². The number of rotatable bonds is 5. The van der Waals surface area contributed by atoms with E-state index in [2.05, 4.69) is 10.3 Å². The Bertz CT molecular complexity index is 565. The van der Waals surface area contributed by atoms with Gasteiger partial charge in [0.15, 0.2) is 12.0 Å². The second kappa shape index (κ2) is 5.84. The molecular formula is C14H19N3O2. The van der Waals surface area contributed by atoms with E-state index < -0.39 is 0 Å². The highest BCUT2D eigenvalue weighted by molar-refractivity contribution is 5.96. The highest BCUT2D eigenvalue weighted by Gasteiger charge is 2.21. The van der Waals surface area contributed by atoms with Crippen LogP contribution in [0.2, 0.25) is 0 Å². The minimum atomic E-state index is -0.0135. The Morgan fingerprint density at radius 1 is 1.53 bits per heavy atom. The summed E-state index contributed by atoms with van der Waals surface area (Å²) >= 11 is 0. The number of oxazole rings is 1. The number of carbonyl (C=O) groups excluding carboxylic acids is 1. The second-order valence-electron chi connectivity index (χ2n) is 4.56. The predicted molar refractivity (Wildman–Crippen MR) is 75.1 cm³/mol. The molecule has 1 unspecified atom stereocenters. The fourth-order valence-corrected chi connectivity index (χ4v) is 2.11. The number of nitrogens with zero attached hydrogens (tertiary/aromatic N) is 2. The minimum absolute atomic E-state index is 0.0135. The molecule has 1 atom stereocenters. The highest BCUT2D eigenvalue weighted by Crippen LogP contribution is 2.22. The van der Waals surface area contributed by atoms with Crippen LogP contribution >= 0.6 is 0 Å². The maximum absolute atomic E-state index is 12.4. The standard InChI is InChI=1S/C14H19N3O2/c1-4-10(8-15-2)14(18)17(3)11-5-6-12-13(7-11)19-9-16-12/h5-7,9-10,15H,4,8H2,1-3H3. The molecule has 5 nitrogen and oxygen atoms in total. The van der Waals surface area contributed by atoms with Crippen LogP contribution in [0.25, 0.3) is 11.1 Å². The van der Waals surface area contributed by atoms with Gasteiger partial charge in [-0.2, -0.15) is 0 Å². The average Bonchev–Trinajstić information content (AvgIpc) is 2.90. The van der Waals surface area contributed by atoms with Crippen LogP contribution in [0.5, 0.6) is 0 Å². The minimum Gasteiger partial charge on any atom is -0.443 e. The summed E-state index contributed by atoms with van der Waals surface area (Å²) in [5.74, 6) is 0.0936. The number of fused-ring (bicyclic) bond motifs is 1. The van der Waals surface area contributed by atoms with E-state index in [0.29, 0.717) is 12.1 Å². The van der Waals surface area contributed by atoms with Gasteiger partial charge in [-0.05, 0) is 25.6 Å². The average molecular weight is 261 g/mol. The molecule has 2 aromatic rings. The third kappa shape index (κ3) is 2.76. The van der Waals surface area contributed by atoms with Crippen LogP contribution in [0.4, 0.5) is 5.69 Å². The Labute approximate surface area is 112 Å². The van der Waals surface area contributed by atoms with Gasteiger partial charge < -0.3 is 14.6 Å². The van der Waals surface area contributed by atoms with Gasteiger partial charge >= 0.3 is 0 Å². The van der Waals surface area contributed by atoms with Crippen LogP contribution in [-0.2, 0) is 4.79 Å². The summed E-state index contributed by atoms with van der Waals surface area (Å²) in [5, 5.41) is 3.06. The van der Waals surface area contributed by atoms with Gasteiger partial charge in [-0.25, -0.2) is 4.98 Å². The van der Waals surface area contributed by atoms with Crippen LogP contribution < -0.4 is 10.2 Å². The number of hydrogen-bond acceptors (Lipinski definition) is 4. The lowest BCUT2D eigenvalue weighted by Crippen LogP contribution is -2.37. The second-order valence-corrected chi connectivity index (χ2v) is 4.56. The molecule has 0 bridgehead atoms. The molecule has 0 spiro atoms. The molecule has 1 amide bonds. The summed E-state index contributed by atoms with van der Waals surface area (Å²) < 4.78 is 5.26. The molecule has 1 N–H and O–H groups in total. The van der Waals surface area contributed by atoms with Gasteiger partial charge in [-0.1, -0.05) is 6.92 Å². The Morgan fingerprint density at radius 3 is 3.00 bits per heavy atom. The molecule has 0 aliphatic rings. The number of aromatic nitrogens is 1. The lowest BCUT2D eigenvalue weighted by molar-refractivity contribution is -0.122. The molecule has 0 saturated carbocycles. The Morgan fingerprint density at radius 2 is 2.32 bits per heavy atom. The van der Waals surface area contributed by atoms with Crippen molar-refractivity contribution < 1.29 is 9.21 Å². The lowest BCUT2D eigenvalue weighted by atomic mass is 10.0. The Hall–Kier alpha value is -1.88. The quantitative estimate of drug-likeness (QED) is 0.894. The largest absolute Gasteiger partial charge is 0.443 e. The first-order valence-electron chi connectivity index (χ1n) is 6.42. The maximum Gasteiger partial charge on any atom is 0.231 e. The van der Waals surface area contributed by atoms with Gasteiger partial charge in [0.25, 0.3) is 0 Å². The normalized spacial score (nSPS) is 12.6. The molecule has 1 heterocycles. The smallest absolute Gasteiger partial charge is 0.231 e. The molecule has 1 aromatic heterocycles. The first-order chi connectivity index (χ1) is 9.17. The fourth-order valence-electron chi connectivity index (χ4n) is 2.11. The summed E-state index contributed by atoms with van der Waals surface area (Å²) in [7, 11) is 3.65. The number of carbonyl (C=O) groups is 1. The van der Waals surface area contributed by atoms with Crippen molar-refractivity contribution in [3.05, 3.63) is 24.6 Å². The zero-order chi connectivity index (χ0) is 13.8. The van der Waals surface area contributed by atoms with Gasteiger partial charge in [0.1, 0.15) is 5.52 Å². The zero-order valence-electron chi connectivity index (χ0n) is 11.5. The third-order valence-electron chi connectivity index (χ3n) is 3.33. The molecular weight excluding hydrogens is 242 g/mol. The predicted octanol–water partition coefficient (Wildman–Crippen LogP) is 2.04. The van der Waals surface area contributed by atoms with Crippen molar-refractivity contribution in [3.63, 3.8) is 0 Å². The van der Waals surface area contributed by atoms with E-state index in [1.807, 2.05) is 32.2 Å². The third-order valence-corrected chi connectivity index (χ3v) is 3.33. The monoisotopic (exact) mass is 261 g/mol. The molecule has 102 valence electrons. The van der Waals surface area contributed by atoms with Gasteiger partial charge in [0.05, 0.1) is 5.92 Å². The Kier molecular flexibility index (Phi) is 4.16. The SMILES string of the molecule is CCC(CNC)C(=O)N(C)c1ccc2ncoc2c1. The van der Waals surface area contributed by atoms with Crippen molar-refractivity contribution in [1.29, 1.82) is 0 Å². The van der Waals surface area contributed by atoms with E-state index in [1.54, 1.807) is 11.9 Å². The van der Waals surface area contributed by atoms with E-state index in [-0.39, 0.29) is 11.8 Å². The van der Waals surface area contributed by atoms with E-state index in [1.165, 1.54) is 6.39 Å². The first kappa shape index (κ1) is 13.5. The van der Waals surface area contributed by atoms with Crippen LogP contribution in [0.1, 0.15) is 13.3 Å². The topological polar surface area (TPSA) is 58.4 Å². The van der Waals surface area contributed by atoms with Crippen LogP contribution in [0, 0.1) is 5.92 Å². The van der Waals surface area contributed by atoms with Gasteiger partial charge in [-0.15, -0.1) is 0 Å². The lowest BCUT2D eigenvalue weighted by Gasteiger charge is -2.22. The van der Waals surface area contributed by atoms with Gasteiger partial charge in [0, 0.05) is 25.3 Å². The van der Waals surface area contributed by atoms with E-state index in [9.17, 15) is 4.79 Å². The molecule has 0 saturated heterocycles. The van der Waals surface area contributed by atoms with E-state index in [0.717, 1.165) is 17.6 Å². The van der Waals surface area contributed by atoms with Crippen molar-refractivity contribution in [1.82, 2.24) is 10.3 Å². The van der Waals surface area contributed by atoms with Gasteiger partial charge in [0.2, 0.25) is 5.91 Å². The van der Waals surface area contributed by atoms with Crippen LogP contribution in [-0.4, -0.2) is 31.5 Å². The number of nitrogens with one attached hydrogen (secondary N) is 1. The number of hydrogen-bond donors (Lipinski definition) is 1. The molecule has 1 aromatic carbocycles. The van der Waals surface area contributed by atoms with Crippen molar-refractivity contribution in [2.75, 3.05) is 25.5 Å². The number of benzene rings is 1. The van der Waals surface area contributed by atoms with Crippen molar-refractivity contribution in [3.8, 4) is 0 Å². The van der Waals surface area contributed by atoms with E-state index >= 15 is 0 Å². The fraction of sp³-hybridized carbons (Fsp3) is 0.429. The summed E-state index contributed by atoms with van der Waals surface area (Å²) in [6.07, 6.45) is 2.22. The Balaban J connectivity index is 2.21. The molecule has 5 heteroatoms. The van der Waals surface area contributed by atoms with Crippen molar-refractivity contribution in [2.24, 2.45) is 5.92 Å². The zero-order valence-corrected chi connectivity index (χ0v) is 11.5. The van der Waals surface area contributed by atoms with Gasteiger partial charge in [-0.3, -0.25) is 4.79 Å². The molecule has 0 aliphatic heterocycles. The molecule has 2 rings (SSSR count). The van der Waals surface area contributed by atoms with Crippen LogP contribution in [0.3, 0.4) is 0 Å². The van der Waals surface area contributed by atoms with E-state index in [4.69, 9.17) is 4.42 Å². The maximum atomic E-state index is 12.4. The number of anilines is 1. The molecule has 0 fully saturated rings. The highest BCUT2D eigenvalue weighted by atomic mass is 16.3. The first-order valence-corrected chi connectivity index (χ1v) is 6.42. The summed E-state index contributed by atoms with van der Waals surface area (Å²) in [6.45, 7) is 2.71. The summed E-state index contributed by atoms with van der Waals surface area (Å²) in [5.41, 5.74) is 2.31. The van der Waals surface area contributed by atoms with Crippen molar-refractivity contribution >= 4 is 22.7 Å². The summed E-state index contributed by atoms with van der Waals surface area (Å²) in [6, 6.07) is 5.58. The molecule has 19 heavy (non-hydrogen) atoms. The molecule has 0 radical (unpaired) electrons. The summed E-state index contributed by atoms with van der Waals surface area (Å²) in [4.78, 5) is 18.1. The molecule has 0 aliphatic carbocycles.